The average Bonchev–Trinajstić information content (AvgIpc) is 2.60. The monoisotopic (exact) mass is 381 g/mol. The minimum absolute atomic E-state index is 0.326. The van der Waals surface area contributed by atoms with Crippen LogP contribution in [0.1, 0.15) is 24.2 Å². The van der Waals surface area contributed by atoms with Crippen molar-refractivity contribution >= 4 is 23.4 Å². The molecule has 0 unspecified atom stereocenters. The van der Waals surface area contributed by atoms with Gasteiger partial charge in [0.1, 0.15) is 0 Å². The smallest absolute Gasteiger partial charge is 0.288 e. The zero-order valence-electron chi connectivity index (χ0n) is 14.8. The van der Waals surface area contributed by atoms with Gasteiger partial charge in [-0.05, 0) is 48.4 Å². The lowest BCUT2D eigenvalue weighted by atomic mass is 10.1. The number of nitrogens with one attached hydrogen (secondary N) is 1. The molecule has 140 valence electrons. The van der Waals surface area contributed by atoms with Gasteiger partial charge in [0.2, 0.25) is 0 Å². The van der Waals surface area contributed by atoms with E-state index in [9.17, 15) is 13.6 Å². The van der Waals surface area contributed by atoms with Crippen LogP contribution in [0.25, 0.3) is 0 Å². The molecule has 2 aromatic carbocycles. The second-order valence-corrected chi connectivity index (χ2v) is 6.99. The van der Waals surface area contributed by atoms with Crippen molar-refractivity contribution in [1.29, 1.82) is 0 Å². The van der Waals surface area contributed by atoms with Crippen molar-refractivity contribution in [3.63, 3.8) is 0 Å². The number of hydrogen-bond donors (Lipinski definition) is 1. The number of benzene rings is 2. The molecular weight excluding hydrogens is 360 g/mol. The Kier molecular flexibility index (Phi) is 7.26. The third kappa shape index (κ3) is 5.91. The SMILES string of the molecule is COc1cc(C(=O)Nc2ccc(SC(F)F)cc2)ccc1OCC(C)C. The molecule has 0 spiro atoms. The van der Waals surface area contributed by atoms with Crippen LogP contribution < -0.4 is 14.8 Å². The molecule has 7 heteroatoms. The highest BCUT2D eigenvalue weighted by Crippen LogP contribution is 2.29. The average molecular weight is 381 g/mol. The second kappa shape index (κ2) is 9.43. The van der Waals surface area contributed by atoms with E-state index in [1.54, 1.807) is 30.3 Å². The molecule has 0 radical (unpaired) electrons. The summed E-state index contributed by atoms with van der Waals surface area (Å²) in [6, 6.07) is 11.2. The van der Waals surface area contributed by atoms with Crippen LogP contribution >= 0.6 is 11.8 Å². The van der Waals surface area contributed by atoms with Crippen molar-refractivity contribution in [1.82, 2.24) is 0 Å². The number of methoxy groups -OCH3 is 1. The predicted octanol–water partition coefficient (Wildman–Crippen LogP) is 5.30. The Labute approximate surface area is 155 Å². The van der Waals surface area contributed by atoms with E-state index in [2.05, 4.69) is 5.32 Å². The number of ether oxygens (including phenoxy) is 2. The van der Waals surface area contributed by atoms with Crippen LogP contribution in [0.3, 0.4) is 0 Å². The maximum atomic E-state index is 12.4. The lowest BCUT2D eigenvalue weighted by Crippen LogP contribution is -2.12. The number of anilines is 1. The van der Waals surface area contributed by atoms with Gasteiger partial charge in [0.15, 0.2) is 11.5 Å². The number of thioether (sulfide) groups is 1. The van der Waals surface area contributed by atoms with Gasteiger partial charge in [-0.1, -0.05) is 25.6 Å². The summed E-state index contributed by atoms with van der Waals surface area (Å²) >= 11 is 0.459. The lowest BCUT2D eigenvalue weighted by molar-refractivity contribution is 0.102. The van der Waals surface area contributed by atoms with Crippen LogP contribution in [0.2, 0.25) is 0 Å². The first-order chi connectivity index (χ1) is 12.4. The summed E-state index contributed by atoms with van der Waals surface area (Å²) in [5.41, 5.74) is 0.928. The Hall–Kier alpha value is -2.28. The topological polar surface area (TPSA) is 47.6 Å². The number of carbonyl (C=O) groups is 1. The van der Waals surface area contributed by atoms with Crippen LogP contribution in [0.5, 0.6) is 11.5 Å². The highest BCUT2D eigenvalue weighted by molar-refractivity contribution is 7.99. The first-order valence-electron chi connectivity index (χ1n) is 8.06. The third-order valence-electron chi connectivity index (χ3n) is 3.34. The van der Waals surface area contributed by atoms with Gasteiger partial charge in [-0.3, -0.25) is 4.79 Å². The van der Waals surface area contributed by atoms with E-state index in [1.165, 1.54) is 19.2 Å². The molecule has 0 aromatic heterocycles. The van der Waals surface area contributed by atoms with Gasteiger partial charge in [-0.25, -0.2) is 0 Å². The molecule has 4 nitrogen and oxygen atoms in total. The standard InChI is InChI=1S/C19H21F2NO3S/c1-12(2)11-25-16-9-4-13(10-17(16)24-3)18(23)22-14-5-7-15(8-6-14)26-19(20)21/h4-10,12,19H,11H2,1-3H3,(H,22,23). The van der Waals surface area contributed by atoms with Gasteiger partial charge in [0, 0.05) is 16.1 Å². The van der Waals surface area contributed by atoms with Gasteiger partial charge in [-0.15, -0.1) is 0 Å². The molecule has 0 saturated carbocycles. The molecule has 0 bridgehead atoms. The van der Waals surface area contributed by atoms with Crippen LogP contribution in [0.15, 0.2) is 47.4 Å². The maximum Gasteiger partial charge on any atom is 0.288 e. The molecule has 1 N–H and O–H groups in total. The molecule has 0 aliphatic carbocycles. The quantitative estimate of drug-likeness (QED) is 0.631. The van der Waals surface area contributed by atoms with Crippen molar-refractivity contribution in [2.75, 3.05) is 19.0 Å². The fourth-order valence-electron chi connectivity index (χ4n) is 2.11. The van der Waals surface area contributed by atoms with E-state index in [0.717, 1.165) is 0 Å². The first kappa shape index (κ1) is 20.0. The van der Waals surface area contributed by atoms with Crippen molar-refractivity contribution < 1.29 is 23.0 Å². The number of rotatable bonds is 8. The van der Waals surface area contributed by atoms with Crippen LogP contribution in [0, 0.1) is 5.92 Å². The molecule has 0 fully saturated rings. The van der Waals surface area contributed by atoms with Gasteiger partial charge in [-0.2, -0.15) is 8.78 Å². The van der Waals surface area contributed by atoms with Gasteiger partial charge in [0.25, 0.3) is 11.7 Å². The number of hydrogen-bond acceptors (Lipinski definition) is 4. The van der Waals surface area contributed by atoms with Crippen molar-refractivity contribution in [3.8, 4) is 11.5 Å². The Morgan fingerprint density at radius 1 is 1.12 bits per heavy atom. The van der Waals surface area contributed by atoms with Crippen LogP contribution in [-0.4, -0.2) is 25.4 Å². The normalized spacial score (nSPS) is 10.9. The van der Waals surface area contributed by atoms with Crippen LogP contribution in [-0.2, 0) is 0 Å². The number of alkyl halides is 2. The molecule has 0 aliphatic rings. The van der Waals surface area contributed by atoms with Crippen molar-refractivity contribution in [2.24, 2.45) is 5.92 Å². The van der Waals surface area contributed by atoms with E-state index in [4.69, 9.17) is 9.47 Å². The Morgan fingerprint density at radius 2 is 1.81 bits per heavy atom. The second-order valence-electron chi connectivity index (χ2n) is 5.93. The zero-order chi connectivity index (χ0) is 19.1. The number of halogens is 2. The minimum Gasteiger partial charge on any atom is -0.493 e. The highest BCUT2D eigenvalue weighted by Gasteiger charge is 2.12. The summed E-state index contributed by atoms with van der Waals surface area (Å²) in [6.07, 6.45) is 0. The molecule has 1 amide bonds. The molecule has 2 rings (SSSR count). The fourth-order valence-corrected chi connectivity index (χ4v) is 2.61. The summed E-state index contributed by atoms with van der Waals surface area (Å²) in [7, 11) is 1.51. The van der Waals surface area contributed by atoms with E-state index in [0.29, 0.717) is 51.9 Å². The predicted molar refractivity (Wildman–Crippen MR) is 99.6 cm³/mol. The maximum absolute atomic E-state index is 12.4. The fraction of sp³-hybridized carbons (Fsp3) is 0.316. The first-order valence-corrected chi connectivity index (χ1v) is 8.94. The molecular formula is C19H21F2NO3S. The minimum atomic E-state index is -2.47. The Balaban J connectivity index is 2.06. The van der Waals surface area contributed by atoms with Crippen molar-refractivity contribution in [2.45, 2.75) is 24.5 Å². The zero-order valence-corrected chi connectivity index (χ0v) is 15.6. The Morgan fingerprint density at radius 3 is 2.38 bits per heavy atom. The molecule has 0 heterocycles. The highest BCUT2D eigenvalue weighted by atomic mass is 32.2. The van der Waals surface area contributed by atoms with Gasteiger partial charge >= 0.3 is 0 Å². The van der Waals surface area contributed by atoms with Gasteiger partial charge in [0.05, 0.1) is 13.7 Å². The van der Waals surface area contributed by atoms with Gasteiger partial charge < -0.3 is 14.8 Å². The number of amides is 1. The molecule has 2 aromatic rings. The summed E-state index contributed by atoms with van der Waals surface area (Å²) in [5.74, 6) is -1.38. The molecule has 26 heavy (non-hydrogen) atoms. The van der Waals surface area contributed by atoms with Crippen molar-refractivity contribution in [3.05, 3.63) is 48.0 Å². The Bertz CT molecular complexity index is 736. The van der Waals surface area contributed by atoms with E-state index in [1.807, 2.05) is 13.8 Å². The van der Waals surface area contributed by atoms with Crippen LogP contribution in [0.4, 0.5) is 14.5 Å². The number of carbonyl (C=O) groups excluding carboxylic acids is 1. The lowest BCUT2D eigenvalue weighted by Gasteiger charge is -2.13. The third-order valence-corrected chi connectivity index (χ3v) is 4.06. The summed E-state index contributed by atoms with van der Waals surface area (Å²) in [6.45, 7) is 4.63. The van der Waals surface area contributed by atoms with E-state index < -0.39 is 5.76 Å². The summed E-state index contributed by atoms with van der Waals surface area (Å²) < 4.78 is 35.6. The summed E-state index contributed by atoms with van der Waals surface area (Å²) in [4.78, 5) is 12.8. The largest absolute Gasteiger partial charge is 0.493 e. The summed E-state index contributed by atoms with van der Waals surface area (Å²) in [5, 5.41) is 2.73. The van der Waals surface area contributed by atoms with E-state index in [-0.39, 0.29) is 5.91 Å². The molecule has 0 aliphatic heterocycles. The molecule has 0 saturated heterocycles. The molecule has 0 atom stereocenters. The van der Waals surface area contributed by atoms with E-state index >= 15 is 0 Å².